The van der Waals surface area contributed by atoms with Crippen LogP contribution in [0.15, 0.2) is 60.7 Å². The van der Waals surface area contributed by atoms with Gasteiger partial charge in [-0.25, -0.2) is 0 Å². The third-order valence-corrected chi connectivity index (χ3v) is 5.53. The molecule has 3 aromatic carbocycles. The van der Waals surface area contributed by atoms with Crippen molar-refractivity contribution in [3.05, 3.63) is 71.8 Å². The molecule has 2 amide bonds. The van der Waals surface area contributed by atoms with Gasteiger partial charge in [0, 0.05) is 37.8 Å². The summed E-state index contributed by atoms with van der Waals surface area (Å²) >= 11 is 0. The van der Waals surface area contributed by atoms with E-state index < -0.39 is 0 Å². The second-order valence-electron chi connectivity index (χ2n) is 7.52. The topological polar surface area (TPSA) is 40.6 Å². The van der Waals surface area contributed by atoms with Crippen LogP contribution in [0, 0.1) is 0 Å². The lowest BCUT2D eigenvalue weighted by molar-refractivity contribution is 0.0770. The van der Waals surface area contributed by atoms with Gasteiger partial charge in [-0.1, -0.05) is 43.3 Å². The SMILES string of the molecule is CCCN(C)C(=O)c1ccc2c(-c3ccc(C(=O)N(CC)CC)cc3)cccc2c1. The van der Waals surface area contributed by atoms with Gasteiger partial charge >= 0.3 is 0 Å². The molecule has 0 atom stereocenters. The molecule has 4 heteroatoms. The molecule has 3 aromatic rings. The van der Waals surface area contributed by atoms with Crippen LogP contribution in [-0.4, -0.2) is 48.3 Å². The van der Waals surface area contributed by atoms with Crippen LogP contribution >= 0.6 is 0 Å². The van der Waals surface area contributed by atoms with Gasteiger partial charge in [0.1, 0.15) is 0 Å². The first-order valence-corrected chi connectivity index (χ1v) is 10.7. The zero-order chi connectivity index (χ0) is 21.7. The smallest absolute Gasteiger partial charge is 0.253 e. The number of amides is 2. The second kappa shape index (κ2) is 9.57. The number of carbonyl (C=O) groups is 2. The van der Waals surface area contributed by atoms with Gasteiger partial charge in [-0.05, 0) is 66.4 Å². The van der Waals surface area contributed by atoms with Crippen molar-refractivity contribution in [3.8, 4) is 11.1 Å². The molecule has 0 spiro atoms. The minimum atomic E-state index is 0.0448. The zero-order valence-corrected chi connectivity index (χ0v) is 18.3. The Balaban J connectivity index is 1.93. The van der Waals surface area contributed by atoms with Gasteiger partial charge in [-0.15, -0.1) is 0 Å². The molecular weight excluding hydrogens is 372 g/mol. The van der Waals surface area contributed by atoms with E-state index >= 15 is 0 Å². The number of carbonyl (C=O) groups excluding carboxylic acids is 2. The van der Waals surface area contributed by atoms with Crippen molar-refractivity contribution >= 4 is 22.6 Å². The highest BCUT2D eigenvalue weighted by molar-refractivity contribution is 6.03. The highest BCUT2D eigenvalue weighted by Gasteiger charge is 2.14. The molecule has 0 saturated carbocycles. The van der Waals surface area contributed by atoms with Crippen molar-refractivity contribution in [1.82, 2.24) is 9.80 Å². The predicted octanol–water partition coefficient (Wildman–Crippen LogP) is 5.47. The van der Waals surface area contributed by atoms with E-state index in [1.165, 1.54) is 0 Å². The fraction of sp³-hybridized carbons (Fsp3) is 0.308. The first-order chi connectivity index (χ1) is 14.5. The number of nitrogens with zero attached hydrogens (tertiary/aromatic N) is 2. The van der Waals surface area contributed by atoms with Gasteiger partial charge in [0.2, 0.25) is 0 Å². The maximum absolute atomic E-state index is 12.6. The fourth-order valence-electron chi connectivity index (χ4n) is 3.81. The molecule has 0 radical (unpaired) electrons. The second-order valence-corrected chi connectivity index (χ2v) is 7.52. The Morgan fingerprint density at radius 3 is 2.10 bits per heavy atom. The fourth-order valence-corrected chi connectivity index (χ4v) is 3.81. The van der Waals surface area contributed by atoms with Crippen molar-refractivity contribution in [1.29, 1.82) is 0 Å². The van der Waals surface area contributed by atoms with Gasteiger partial charge in [-0.3, -0.25) is 9.59 Å². The third-order valence-electron chi connectivity index (χ3n) is 5.53. The maximum atomic E-state index is 12.6. The summed E-state index contributed by atoms with van der Waals surface area (Å²) < 4.78 is 0. The molecule has 0 heterocycles. The van der Waals surface area contributed by atoms with Crippen molar-refractivity contribution in [3.63, 3.8) is 0 Å². The normalized spacial score (nSPS) is 10.8. The van der Waals surface area contributed by atoms with E-state index in [9.17, 15) is 9.59 Å². The Bertz CT molecular complexity index is 1040. The Labute approximate surface area is 179 Å². The standard InChI is InChI=1S/C26H30N2O2/c1-5-17-27(4)25(29)22-15-16-24-21(18-22)9-8-10-23(24)19-11-13-20(14-12-19)26(30)28(6-2)7-3/h8-16,18H,5-7,17H2,1-4H3. The molecule has 0 aliphatic carbocycles. The summed E-state index contributed by atoms with van der Waals surface area (Å²) in [5, 5.41) is 2.13. The summed E-state index contributed by atoms with van der Waals surface area (Å²) in [6.45, 7) is 8.20. The zero-order valence-electron chi connectivity index (χ0n) is 18.3. The monoisotopic (exact) mass is 402 g/mol. The summed E-state index contributed by atoms with van der Waals surface area (Å²) in [5.74, 6) is 0.104. The first-order valence-electron chi connectivity index (χ1n) is 10.7. The summed E-state index contributed by atoms with van der Waals surface area (Å²) in [6.07, 6.45) is 0.937. The number of fused-ring (bicyclic) bond motifs is 1. The Hall–Kier alpha value is -3.14. The van der Waals surface area contributed by atoms with Crippen LogP contribution in [0.2, 0.25) is 0 Å². The first kappa shape index (κ1) is 21.6. The molecule has 0 aliphatic heterocycles. The lowest BCUT2D eigenvalue weighted by Crippen LogP contribution is -2.30. The number of rotatable bonds is 7. The summed E-state index contributed by atoms with van der Waals surface area (Å²) in [5.41, 5.74) is 3.56. The molecule has 30 heavy (non-hydrogen) atoms. The van der Waals surface area contributed by atoms with Gasteiger partial charge in [0.25, 0.3) is 11.8 Å². The Morgan fingerprint density at radius 1 is 0.800 bits per heavy atom. The molecule has 3 rings (SSSR count). The molecule has 0 aliphatic rings. The highest BCUT2D eigenvalue weighted by Crippen LogP contribution is 2.30. The van der Waals surface area contributed by atoms with Gasteiger partial charge in [0.05, 0.1) is 0 Å². The van der Waals surface area contributed by atoms with E-state index in [0.29, 0.717) is 24.2 Å². The minimum absolute atomic E-state index is 0.0448. The van der Waals surface area contributed by atoms with Crippen LogP contribution in [0.5, 0.6) is 0 Å². The molecule has 0 aromatic heterocycles. The van der Waals surface area contributed by atoms with Crippen LogP contribution in [-0.2, 0) is 0 Å². The van der Waals surface area contributed by atoms with Crippen LogP contribution in [0.4, 0.5) is 0 Å². The van der Waals surface area contributed by atoms with Gasteiger partial charge < -0.3 is 9.80 Å². The van der Waals surface area contributed by atoms with E-state index in [0.717, 1.165) is 34.9 Å². The summed E-state index contributed by atoms with van der Waals surface area (Å²) in [7, 11) is 1.84. The van der Waals surface area contributed by atoms with Crippen molar-refractivity contribution in [2.24, 2.45) is 0 Å². The molecule has 4 nitrogen and oxygen atoms in total. The lowest BCUT2D eigenvalue weighted by atomic mass is 9.96. The van der Waals surface area contributed by atoms with Crippen molar-refractivity contribution < 1.29 is 9.59 Å². The Kier molecular flexibility index (Phi) is 6.88. The van der Waals surface area contributed by atoms with Crippen LogP contribution < -0.4 is 0 Å². The summed E-state index contributed by atoms with van der Waals surface area (Å²) in [6, 6.07) is 19.8. The van der Waals surface area contributed by atoms with Crippen LogP contribution in [0.1, 0.15) is 47.9 Å². The molecule has 0 bridgehead atoms. The molecule has 0 saturated heterocycles. The molecule has 156 valence electrons. The van der Waals surface area contributed by atoms with Crippen molar-refractivity contribution in [2.75, 3.05) is 26.7 Å². The summed E-state index contributed by atoms with van der Waals surface area (Å²) in [4.78, 5) is 28.8. The minimum Gasteiger partial charge on any atom is -0.342 e. The van der Waals surface area contributed by atoms with E-state index in [1.54, 1.807) is 4.90 Å². The average molecular weight is 403 g/mol. The number of hydrogen-bond acceptors (Lipinski definition) is 2. The largest absolute Gasteiger partial charge is 0.342 e. The van der Waals surface area contributed by atoms with Crippen LogP contribution in [0.25, 0.3) is 21.9 Å². The van der Waals surface area contributed by atoms with Crippen molar-refractivity contribution in [2.45, 2.75) is 27.2 Å². The van der Waals surface area contributed by atoms with Gasteiger partial charge in [-0.2, -0.15) is 0 Å². The quantitative estimate of drug-likeness (QED) is 0.526. The molecular formula is C26H30N2O2. The third kappa shape index (κ3) is 4.38. The molecule has 0 N–H and O–H groups in total. The van der Waals surface area contributed by atoms with Gasteiger partial charge in [0.15, 0.2) is 0 Å². The number of hydrogen-bond donors (Lipinski definition) is 0. The average Bonchev–Trinajstić information content (AvgIpc) is 2.78. The number of benzene rings is 3. The van der Waals surface area contributed by atoms with Crippen LogP contribution in [0.3, 0.4) is 0 Å². The molecule has 0 unspecified atom stereocenters. The lowest BCUT2D eigenvalue weighted by Gasteiger charge is -2.19. The maximum Gasteiger partial charge on any atom is 0.253 e. The van der Waals surface area contributed by atoms with E-state index in [-0.39, 0.29) is 11.8 Å². The predicted molar refractivity (Wildman–Crippen MR) is 124 cm³/mol. The van der Waals surface area contributed by atoms with E-state index in [2.05, 4.69) is 13.0 Å². The Morgan fingerprint density at radius 2 is 1.47 bits per heavy atom. The van der Waals surface area contributed by atoms with E-state index in [1.807, 2.05) is 80.4 Å². The van der Waals surface area contributed by atoms with E-state index in [4.69, 9.17) is 0 Å². The highest BCUT2D eigenvalue weighted by atomic mass is 16.2. The molecule has 0 fully saturated rings.